The number of benzodiazepines with no additional fused rings is 1. The van der Waals surface area contributed by atoms with E-state index in [4.69, 9.17) is 4.74 Å². The lowest BCUT2D eigenvalue weighted by Gasteiger charge is -2.21. The maximum absolute atomic E-state index is 14.7. The van der Waals surface area contributed by atoms with Crippen molar-refractivity contribution in [1.29, 1.82) is 0 Å². The number of anilines is 1. The van der Waals surface area contributed by atoms with Crippen LogP contribution in [0.15, 0.2) is 47.5 Å². The second-order valence-corrected chi connectivity index (χ2v) is 8.42. The van der Waals surface area contributed by atoms with Gasteiger partial charge >= 0.3 is 6.09 Å². The molecule has 0 fully saturated rings. The second-order valence-electron chi connectivity index (χ2n) is 8.42. The average Bonchev–Trinajstić information content (AvgIpc) is 2.77. The van der Waals surface area contributed by atoms with Crippen molar-refractivity contribution in [3.05, 3.63) is 65.0 Å². The number of halogens is 1. The standard InChI is InChI=1S/C23H26FN3O3/c1-13(2)14-10-8-11-16-18(14)26-21(28)20(27-22(29)30-23(3,4)5)25-19(16)15-9-6-7-12-17(15)24/h6-13,20H,1-5H3,(H,26,28)(H,27,29)/t20-/m1/s1. The topological polar surface area (TPSA) is 79.8 Å². The summed E-state index contributed by atoms with van der Waals surface area (Å²) in [7, 11) is 0. The molecule has 1 aliphatic rings. The van der Waals surface area contributed by atoms with Crippen LogP contribution >= 0.6 is 0 Å². The van der Waals surface area contributed by atoms with Crippen LogP contribution in [0.1, 0.15) is 57.2 Å². The maximum Gasteiger partial charge on any atom is 0.409 e. The lowest BCUT2D eigenvalue weighted by molar-refractivity contribution is -0.118. The zero-order chi connectivity index (χ0) is 22.1. The molecular formula is C23H26FN3O3. The molecule has 2 N–H and O–H groups in total. The van der Waals surface area contributed by atoms with E-state index in [1.54, 1.807) is 45.0 Å². The van der Waals surface area contributed by atoms with Gasteiger partial charge in [0, 0.05) is 11.1 Å². The van der Waals surface area contributed by atoms with Gasteiger partial charge in [0.2, 0.25) is 6.17 Å². The normalized spacial score (nSPS) is 16.3. The smallest absolute Gasteiger partial charge is 0.409 e. The van der Waals surface area contributed by atoms with Crippen LogP contribution in [0.3, 0.4) is 0 Å². The zero-order valence-corrected chi connectivity index (χ0v) is 17.7. The highest BCUT2D eigenvalue weighted by Gasteiger charge is 2.31. The van der Waals surface area contributed by atoms with E-state index >= 15 is 0 Å². The molecule has 6 nitrogen and oxygen atoms in total. The van der Waals surface area contributed by atoms with Gasteiger partial charge in [0.05, 0.1) is 11.4 Å². The summed E-state index contributed by atoms with van der Waals surface area (Å²) in [6.07, 6.45) is -2.06. The Morgan fingerprint density at radius 1 is 1.13 bits per heavy atom. The van der Waals surface area contributed by atoms with Crippen LogP contribution in [-0.2, 0) is 9.53 Å². The van der Waals surface area contributed by atoms with E-state index in [2.05, 4.69) is 15.6 Å². The number of carbonyl (C=O) groups excluding carboxylic acids is 2. The number of ether oxygens (including phenoxy) is 1. The summed E-state index contributed by atoms with van der Waals surface area (Å²) in [5, 5.41) is 5.35. The van der Waals surface area contributed by atoms with Crippen LogP contribution in [0.5, 0.6) is 0 Å². The van der Waals surface area contributed by atoms with Crippen molar-refractivity contribution >= 4 is 23.4 Å². The number of nitrogens with one attached hydrogen (secondary N) is 2. The molecule has 0 saturated heterocycles. The van der Waals surface area contributed by atoms with Crippen LogP contribution in [-0.4, -0.2) is 29.5 Å². The van der Waals surface area contributed by atoms with Gasteiger partial charge in [-0.3, -0.25) is 10.1 Å². The number of nitrogens with zero attached hydrogens (tertiary/aromatic N) is 1. The first-order valence-corrected chi connectivity index (χ1v) is 9.83. The maximum atomic E-state index is 14.7. The number of fused-ring (bicyclic) bond motifs is 1. The molecule has 2 aromatic carbocycles. The van der Waals surface area contributed by atoms with Crippen LogP contribution < -0.4 is 10.6 Å². The molecule has 0 spiro atoms. The van der Waals surface area contributed by atoms with E-state index in [0.717, 1.165) is 5.56 Å². The van der Waals surface area contributed by atoms with Gasteiger partial charge in [0.1, 0.15) is 11.4 Å². The van der Waals surface area contributed by atoms with Gasteiger partial charge in [-0.25, -0.2) is 14.2 Å². The Morgan fingerprint density at radius 3 is 2.43 bits per heavy atom. The number of alkyl carbamates (subject to hydrolysis) is 1. The largest absolute Gasteiger partial charge is 0.444 e. The highest BCUT2D eigenvalue weighted by atomic mass is 19.1. The molecule has 30 heavy (non-hydrogen) atoms. The quantitative estimate of drug-likeness (QED) is 0.775. The minimum atomic E-state index is -1.28. The molecule has 2 aromatic rings. The zero-order valence-electron chi connectivity index (χ0n) is 17.7. The van der Waals surface area contributed by atoms with Gasteiger partial charge in [0.25, 0.3) is 5.91 Å². The number of carbonyl (C=O) groups is 2. The van der Waals surface area contributed by atoms with E-state index in [1.165, 1.54) is 6.07 Å². The number of aliphatic imine (C=N–C) groups is 1. The summed E-state index contributed by atoms with van der Waals surface area (Å²) in [6, 6.07) is 11.7. The lowest BCUT2D eigenvalue weighted by atomic mass is 9.93. The van der Waals surface area contributed by atoms with Crippen molar-refractivity contribution in [2.24, 2.45) is 4.99 Å². The number of benzene rings is 2. The Labute approximate surface area is 175 Å². The molecule has 0 aromatic heterocycles. The van der Waals surface area contributed by atoms with Crippen LogP contribution in [0.2, 0.25) is 0 Å². The molecule has 1 heterocycles. The Morgan fingerprint density at radius 2 is 1.80 bits per heavy atom. The van der Waals surface area contributed by atoms with Crippen LogP contribution in [0.4, 0.5) is 14.9 Å². The second kappa shape index (κ2) is 8.26. The molecule has 0 bridgehead atoms. The molecule has 2 amide bonds. The van der Waals surface area contributed by atoms with Crippen molar-refractivity contribution in [3.8, 4) is 0 Å². The molecule has 7 heteroatoms. The first-order valence-electron chi connectivity index (χ1n) is 9.83. The third-order valence-electron chi connectivity index (χ3n) is 4.51. The van der Waals surface area contributed by atoms with Crippen molar-refractivity contribution < 1.29 is 18.7 Å². The minimum absolute atomic E-state index is 0.109. The Hall–Kier alpha value is -3.22. The van der Waals surface area contributed by atoms with E-state index in [0.29, 0.717) is 11.3 Å². The molecule has 0 radical (unpaired) electrons. The monoisotopic (exact) mass is 411 g/mol. The van der Waals surface area contributed by atoms with Gasteiger partial charge in [0.15, 0.2) is 0 Å². The fourth-order valence-electron chi connectivity index (χ4n) is 3.22. The summed E-state index contributed by atoms with van der Waals surface area (Å²) in [5.74, 6) is -0.887. The number of hydrogen-bond acceptors (Lipinski definition) is 4. The van der Waals surface area contributed by atoms with Gasteiger partial charge in [-0.2, -0.15) is 0 Å². The fourth-order valence-corrected chi connectivity index (χ4v) is 3.22. The molecule has 1 atom stereocenters. The minimum Gasteiger partial charge on any atom is -0.444 e. The highest BCUT2D eigenvalue weighted by Crippen LogP contribution is 2.32. The van der Waals surface area contributed by atoms with Crippen LogP contribution in [0.25, 0.3) is 0 Å². The summed E-state index contributed by atoms with van der Waals surface area (Å²) in [6.45, 7) is 9.17. The summed E-state index contributed by atoms with van der Waals surface area (Å²) in [5.41, 5.74) is 1.83. The third kappa shape index (κ3) is 4.67. The molecule has 0 unspecified atom stereocenters. The van der Waals surface area contributed by atoms with Crippen LogP contribution in [0, 0.1) is 5.82 Å². The van der Waals surface area contributed by atoms with Gasteiger partial charge in [-0.15, -0.1) is 0 Å². The molecule has 1 aliphatic heterocycles. The Bertz CT molecular complexity index is 1010. The fraction of sp³-hybridized carbons (Fsp3) is 0.348. The van der Waals surface area contributed by atoms with Crippen molar-refractivity contribution in [3.63, 3.8) is 0 Å². The molecular weight excluding hydrogens is 385 g/mol. The van der Waals surface area contributed by atoms with Gasteiger partial charge in [-0.05, 0) is 44.4 Å². The van der Waals surface area contributed by atoms with Crippen molar-refractivity contribution in [1.82, 2.24) is 5.32 Å². The SMILES string of the molecule is CC(C)c1cccc2c1NC(=O)[C@@H](NC(=O)OC(C)(C)C)N=C2c1ccccc1F. The first kappa shape index (κ1) is 21.5. The summed E-state index contributed by atoms with van der Waals surface area (Å²) >= 11 is 0. The highest BCUT2D eigenvalue weighted by molar-refractivity contribution is 6.20. The third-order valence-corrected chi connectivity index (χ3v) is 4.51. The van der Waals surface area contributed by atoms with Gasteiger partial charge in [-0.1, -0.05) is 44.2 Å². The molecule has 3 rings (SSSR count). The number of hydrogen-bond donors (Lipinski definition) is 2. The molecule has 0 saturated carbocycles. The van der Waals surface area contributed by atoms with Crippen molar-refractivity contribution in [2.45, 2.75) is 52.3 Å². The van der Waals surface area contributed by atoms with E-state index < -0.39 is 29.6 Å². The molecule has 158 valence electrons. The van der Waals surface area contributed by atoms with E-state index in [-0.39, 0.29) is 17.2 Å². The van der Waals surface area contributed by atoms with Gasteiger partial charge < -0.3 is 10.1 Å². The molecule has 0 aliphatic carbocycles. The van der Waals surface area contributed by atoms with Crippen molar-refractivity contribution in [2.75, 3.05) is 5.32 Å². The van der Waals surface area contributed by atoms with E-state index in [9.17, 15) is 14.0 Å². The Balaban J connectivity index is 2.13. The number of para-hydroxylation sites is 1. The Kier molecular flexibility index (Phi) is 5.92. The predicted octanol–water partition coefficient (Wildman–Crippen LogP) is 4.59. The number of rotatable bonds is 3. The predicted molar refractivity (Wildman–Crippen MR) is 114 cm³/mol. The summed E-state index contributed by atoms with van der Waals surface area (Å²) < 4.78 is 19.9. The average molecular weight is 411 g/mol. The van der Waals surface area contributed by atoms with E-state index in [1.807, 2.05) is 26.0 Å². The first-order chi connectivity index (χ1) is 14.1. The number of amides is 2. The summed E-state index contributed by atoms with van der Waals surface area (Å²) in [4.78, 5) is 29.7. The lowest BCUT2D eigenvalue weighted by Crippen LogP contribution is -2.44.